The van der Waals surface area contributed by atoms with Crippen molar-refractivity contribution in [2.75, 3.05) is 40.3 Å². The van der Waals surface area contributed by atoms with Crippen molar-refractivity contribution in [3.8, 4) is 5.75 Å². The van der Waals surface area contributed by atoms with Crippen LogP contribution in [-0.4, -0.2) is 73.0 Å². The molecule has 1 aromatic carbocycles. The van der Waals surface area contributed by atoms with Crippen LogP contribution in [0.1, 0.15) is 31.7 Å². The van der Waals surface area contributed by atoms with E-state index in [2.05, 4.69) is 40.9 Å². The maximum atomic E-state index is 12.5. The molecule has 1 amide bonds. The molecule has 0 saturated carbocycles. The Labute approximate surface area is 151 Å². The molecule has 2 atom stereocenters. The maximum Gasteiger partial charge on any atom is 0.239 e. The molecule has 0 aliphatic carbocycles. The highest BCUT2D eigenvalue weighted by atomic mass is 16.5. The van der Waals surface area contributed by atoms with E-state index >= 15 is 0 Å². The Morgan fingerprint density at radius 1 is 1.24 bits per heavy atom. The predicted molar refractivity (Wildman–Crippen MR) is 99.7 cm³/mol. The van der Waals surface area contributed by atoms with Gasteiger partial charge in [-0.05, 0) is 58.0 Å². The van der Waals surface area contributed by atoms with Crippen LogP contribution in [0.3, 0.4) is 0 Å². The second-order valence-corrected chi connectivity index (χ2v) is 7.58. The third kappa shape index (κ3) is 4.53. The van der Waals surface area contributed by atoms with E-state index in [4.69, 9.17) is 4.74 Å². The van der Waals surface area contributed by atoms with E-state index in [1.165, 1.54) is 5.56 Å². The molecule has 2 aliphatic heterocycles. The summed E-state index contributed by atoms with van der Waals surface area (Å²) in [6, 6.07) is 8.74. The molecule has 138 valence electrons. The van der Waals surface area contributed by atoms with Gasteiger partial charge in [0.05, 0.1) is 12.6 Å². The second-order valence-electron chi connectivity index (χ2n) is 7.58. The number of rotatable bonds is 7. The fourth-order valence-corrected chi connectivity index (χ4v) is 3.84. The number of fused-ring (bicyclic) bond motifs is 1. The number of benzene rings is 1. The number of carbonyl (C=O) groups excluding carboxylic acids is 1. The lowest BCUT2D eigenvalue weighted by molar-refractivity contribution is -0.143. The Morgan fingerprint density at radius 2 is 2.00 bits per heavy atom. The number of carbonyl (C=O) groups is 1. The number of hydrogen-bond donors (Lipinski definition) is 0. The van der Waals surface area contributed by atoms with Crippen LogP contribution in [0.4, 0.5) is 0 Å². The van der Waals surface area contributed by atoms with Crippen LogP contribution in [0.5, 0.6) is 5.75 Å². The van der Waals surface area contributed by atoms with E-state index in [0.717, 1.165) is 57.8 Å². The highest BCUT2D eigenvalue weighted by molar-refractivity contribution is 5.83. The van der Waals surface area contributed by atoms with E-state index in [-0.39, 0.29) is 6.04 Å². The van der Waals surface area contributed by atoms with Gasteiger partial charge in [0, 0.05) is 32.2 Å². The first kappa shape index (κ1) is 18.2. The first-order valence-electron chi connectivity index (χ1n) is 9.45. The summed E-state index contributed by atoms with van der Waals surface area (Å²) >= 11 is 0. The minimum Gasteiger partial charge on any atom is -0.494 e. The number of piperazine rings is 1. The van der Waals surface area contributed by atoms with Crippen molar-refractivity contribution in [2.45, 2.75) is 44.8 Å². The zero-order chi connectivity index (χ0) is 17.8. The van der Waals surface area contributed by atoms with Gasteiger partial charge in [-0.2, -0.15) is 0 Å². The zero-order valence-electron chi connectivity index (χ0n) is 15.8. The third-order valence-corrected chi connectivity index (χ3v) is 5.34. The van der Waals surface area contributed by atoms with Crippen LogP contribution in [0.15, 0.2) is 24.3 Å². The molecule has 0 bridgehead atoms. The smallest absolute Gasteiger partial charge is 0.239 e. The first-order chi connectivity index (χ1) is 12.0. The van der Waals surface area contributed by atoms with Crippen LogP contribution in [0.25, 0.3) is 0 Å². The average molecular weight is 345 g/mol. The van der Waals surface area contributed by atoms with E-state index < -0.39 is 0 Å². The lowest BCUT2D eigenvalue weighted by atomic mass is 10.1. The highest BCUT2D eigenvalue weighted by Gasteiger charge is 2.39. The fourth-order valence-electron chi connectivity index (χ4n) is 3.84. The van der Waals surface area contributed by atoms with E-state index in [9.17, 15) is 4.79 Å². The van der Waals surface area contributed by atoms with Gasteiger partial charge in [-0.3, -0.25) is 9.69 Å². The highest BCUT2D eigenvalue weighted by Crippen LogP contribution is 2.27. The topological polar surface area (TPSA) is 36.0 Å². The largest absolute Gasteiger partial charge is 0.494 e. The fraction of sp³-hybridized carbons (Fsp3) is 0.650. The first-order valence-corrected chi connectivity index (χ1v) is 9.45. The van der Waals surface area contributed by atoms with Gasteiger partial charge in [-0.25, -0.2) is 0 Å². The van der Waals surface area contributed by atoms with Crippen molar-refractivity contribution in [3.63, 3.8) is 0 Å². The summed E-state index contributed by atoms with van der Waals surface area (Å²) in [4.78, 5) is 19.1. The van der Waals surface area contributed by atoms with Gasteiger partial charge in [0.1, 0.15) is 5.75 Å². The summed E-state index contributed by atoms with van der Waals surface area (Å²) in [5.41, 5.74) is 1.24. The van der Waals surface area contributed by atoms with Crippen molar-refractivity contribution in [3.05, 3.63) is 29.8 Å². The van der Waals surface area contributed by atoms with E-state index in [1.54, 1.807) is 0 Å². The van der Waals surface area contributed by atoms with Gasteiger partial charge in [-0.1, -0.05) is 12.1 Å². The quantitative estimate of drug-likeness (QED) is 0.710. The molecule has 0 radical (unpaired) electrons. The monoisotopic (exact) mass is 345 g/mol. The molecule has 0 aromatic heterocycles. The molecule has 5 heteroatoms. The number of amides is 1. The standard InChI is InChI=1S/C20H31N3O2/c1-16-20(24)23-12-4-6-18(23)15-22(16)14-17-7-9-19(10-8-17)25-13-5-11-21(2)3/h7-10,16,18H,4-6,11-15H2,1-3H3/t16-,18-/m0/s1. The Morgan fingerprint density at radius 3 is 2.72 bits per heavy atom. The number of nitrogens with zero attached hydrogens (tertiary/aromatic N) is 3. The van der Waals surface area contributed by atoms with Gasteiger partial charge in [0.25, 0.3) is 0 Å². The van der Waals surface area contributed by atoms with Gasteiger partial charge in [0.15, 0.2) is 0 Å². The Bertz CT molecular complexity index is 573. The maximum absolute atomic E-state index is 12.5. The minimum atomic E-state index is -0.0173. The average Bonchev–Trinajstić information content (AvgIpc) is 3.06. The molecule has 5 nitrogen and oxygen atoms in total. The van der Waals surface area contributed by atoms with E-state index in [1.807, 2.05) is 19.1 Å². The van der Waals surface area contributed by atoms with Crippen molar-refractivity contribution >= 4 is 5.91 Å². The van der Waals surface area contributed by atoms with Crippen LogP contribution in [0, 0.1) is 0 Å². The van der Waals surface area contributed by atoms with Crippen LogP contribution < -0.4 is 4.74 Å². The predicted octanol–water partition coefficient (Wildman–Crippen LogP) is 2.21. The molecule has 0 spiro atoms. The molecule has 1 aromatic rings. The number of hydrogen-bond acceptors (Lipinski definition) is 4. The zero-order valence-corrected chi connectivity index (χ0v) is 15.8. The molecule has 2 heterocycles. The summed E-state index contributed by atoms with van der Waals surface area (Å²) < 4.78 is 5.80. The van der Waals surface area contributed by atoms with Gasteiger partial charge in [0.2, 0.25) is 5.91 Å². The Balaban J connectivity index is 1.51. The summed E-state index contributed by atoms with van der Waals surface area (Å²) in [6.07, 6.45) is 3.32. The molecule has 2 aliphatic rings. The molecular weight excluding hydrogens is 314 g/mol. The molecule has 25 heavy (non-hydrogen) atoms. The SMILES string of the molecule is C[C@H]1C(=O)N2CCC[C@H]2CN1Cc1ccc(OCCCN(C)C)cc1. The molecule has 2 saturated heterocycles. The van der Waals surface area contributed by atoms with Gasteiger partial charge < -0.3 is 14.5 Å². The summed E-state index contributed by atoms with van der Waals surface area (Å²) in [5.74, 6) is 1.22. The molecule has 2 fully saturated rings. The minimum absolute atomic E-state index is 0.0173. The Kier molecular flexibility index (Phi) is 5.97. The summed E-state index contributed by atoms with van der Waals surface area (Å²) in [7, 11) is 4.15. The molecule has 0 N–H and O–H groups in total. The van der Waals surface area contributed by atoms with Crippen molar-refractivity contribution in [1.82, 2.24) is 14.7 Å². The summed E-state index contributed by atoms with van der Waals surface area (Å²) in [6.45, 7) is 6.60. The molecular formula is C20H31N3O2. The lowest BCUT2D eigenvalue weighted by Crippen LogP contribution is -2.58. The Hall–Kier alpha value is -1.59. The van der Waals surface area contributed by atoms with Crippen molar-refractivity contribution in [2.24, 2.45) is 0 Å². The van der Waals surface area contributed by atoms with Gasteiger partial charge in [-0.15, -0.1) is 0 Å². The van der Waals surface area contributed by atoms with Crippen LogP contribution in [-0.2, 0) is 11.3 Å². The second kappa shape index (κ2) is 8.19. The van der Waals surface area contributed by atoms with Crippen molar-refractivity contribution in [1.29, 1.82) is 0 Å². The normalized spacial score (nSPS) is 24.0. The van der Waals surface area contributed by atoms with Crippen molar-refractivity contribution < 1.29 is 9.53 Å². The van der Waals surface area contributed by atoms with E-state index in [0.29, 0.717) is 11.9 Å². The molecule has 3 rings (SSSR count). The molecule has 0 unspecified atom stereocenters. The van der Waals surface area contributed by atoms with Crippen LogP contribution in [0.2, 0.25) is 0 Å². The van der Waals surface area contributed by atoms with Gasteiger partial charge >= 0.3 is 0 Å². The third-order valence-electron chi connectivity index (χ3n) is 5.34. The van der Waals surface area contributed by atoms with Crippen LogP contribution >= 0.6 is 0 Å². The lowest BCUT2D eigenvalue weighted by Gasteiger charge is -2.41. The summed E-state index contributed by atoms with van der Waals surface area (Å²) in [5, 5.41) is 0. The number of ether oxygens (including phenoxy) is 1.